The SMILES string of the molecule is COc1cccc(OC)c1OCC(O)c1ccccc1F. The molecule has 0 spiro atoms. The van der Waals surface area contributed by atoms with Crippen molar-refractivity contribution in [2.24, 2.45) is 0 Å². The van der Waals surface area contributed by atoms with Gasteiger partial charge in [0.2, 0.25) is 5.75 Å². The van der Waals surface area contributed by atoms with Crippen LogP contribution in [0.3, 0.4) is 0 Å². The van der Waals surface area contributed by atoms with E-state index in [1.807, 2.05) is 0 Å². The second-order valence-electron chi connectivity index (χ2n) is 4.34. The molecular weight excluding hydrogens is 275 g/mol. The van der Waals surface area contributed by atoms with E-state index in [1.165, 1.54) is 26.4 Å². The number of rotatable bonds is 6. The normalized spacial score (nSPS) is 11.8. The molecule has 0 saturated carbocycles. The highest BCUT2D eigenvalue weighted by Gasteiger charge is 2.16. The number of aliphatic hydroxyl groups excluding tert-OH is 1. The molecule has 4 nitrogen and oxygen atoms in total. The minimum atomic E-state index is -1.08. The molecule has 21 heavy (non-hydrogen) atoms. The summed E-state index contributed by atoms with van der Waals surface area (Å²) in [6.45, 7) is -0.113. The summed E-state index contributed by atoms with van der Waals surface area (Å²) in [6.07, 6.45) is -1.08. The van der Waals surface area contributed by atoms with Gasteiger partial charge in [0, 0.05) is 5.56 Å². The first kappa shape index (κ1) is 15.1. The largest absolute Gasteiger partial charge is 0.493 e. The maximum Gasteiger partial charge on any atom is 0.203 e. The van der Waals surface area contributed by atoms with Crippen LogP contribution in [0, 0.1) is 5.82 Å². The van der Waals surface area contributed by atoms with Gasteiger partial charge >= 0.3 is 0 Å². The van der Waals surface area contributed by atoms with Crippen molar-refractivity contribution in [2.45, 2.75) is 6.10 Å². The molecule has 0 aromatic heterocycles. The van der Waals surface area contributed by atoms with Crippen molar-refractivity contribution in [2.75, 3.05) is 20.8 Å². The Kier molecular flexibility index (Phi) is 5.00. The van der Waals surface area contributed by atoms with Gasteiger partial charge in [-0.25, -0.2) is 4.39 Å². The minimum Gasteiger partial charge on any atom is -0.493 e. The lowest BCUT2D eigenvalue weighted by Gasteiger charge is -2.17. The van der Waals surface area contributed by atoms with Gasteiger partial charge in [-0.15, -0.1) is 0 Å². The van der Waals surface area contributed by atoms with Crippen LogP contribution >= 0.6 is 0 Å². The Morgan fingerprint density at radius 1 is 1.00 bits per heavy atom. The van der Waals surface area contributed by atoms with Crippen molar-refractivity contribution < 1.29 is 23.7 Å². The van der Waals surface area contributed by atoms with Crippen molar-refractivity contribution in [3.63, 3.8) is 0 Å². The molecule has 0 aliphatic rings. The zero-order valence-corrected chi connectivity index (χ0v) is 11.9. The molecule has 1 atom stereocenters. The van der Waals surface area contributed by atoms with Gasteiger partial charge in [0.15, 0.2) is 11.5 Å². The zero-order chi connectivity index (χ0) is 15.2. The Hall–Kier alpha value is -2.27. The van der Waals surface area contributed by atoms with Crippen LogP contribution in [0.4, 0.5) is 4.39 Å². The van der Waals surface area contributed by atoms with E-state index >= 15 is 0 Å². The number of halogens is 1. The standard InChI is InChI=1S/C16H17FO4/c1-19-14-8-5-9-15(20-2)16(14)21-10-13(18)11-6-3-4-7-12(11)17/h3-9,13,18H,10H2,1-2H3. The van der Waals surface area contributed by atoms with Crippen LogP contribution in [0.15, 0.2) is 42.5 Å². The van der Waals surface area contributed by atoms with Gasteiger partial charge in [-0.3, -0.25) is 0 Å². The molecule has 0 saturated heterocycles. The van der Waals surface area contributed by atoms with E-state index in [9.17, 15) is 9.50 Å². The Morgan fingerprint density at radius 2 is 1.62 bits per heavy atom. The molecule has 112 valence electrons. The van der Waals surface area contributed by atoms with E-state index in [4.69, 9.17) is 14.2 Å². The average Bonchev–Trinajstić information content (AvgIpc) is 2.52. The van der Waals surface area contributed by atoms with E-state index in [1.54, 1.807) is 30.3 Å². The van der Waals surface area contributed by atoms with Crippen molar-refractivity contribution in [3.8, 4) is 17.2 Å². The Balaban J connectivity index is 2.15. The van der Waals surface area contributed by atoms with Crippen LogP contribution in [0.2, 0.25) is 0 Å². The van der Waals surface area contributed by atoms with Crippen LogP contribution in [0.25, 0.3) is 0 Å². The Morgan fingerprint density at radius 3 is 2.19 bits per heavy atom. The predicted octanol–water partition coefficient (Wildman–Crippen LogP) is 2.96. The van der Waals surface area contributed by atoms with Crippen LogP contribution in [0.1, 0.15) is 11.7 Å². The maximum absolute atomic E-state index is 13.6. The van der Waals surface area contributed by atoms with E-state index in [0.29, 0.717) is 17.2 Å². The summed E-state index contributed by atoms with van der Waals surface area (Å²) in [5.74, 6) is 0.864. The van der Waals surface area contributed by atoms with Crippen molar-refractivity contribution in [3.05, 3.63) is 53.8 Å². The number of methoxy groups -OCH3 is 2. The van der Waals surface area contributed by atoms with Gasteiger partial charge in [-0.1, -0.05) is 24.3 Å². The topological polar surface area (TPSA) is 47.9 Å². The number of ether oxygens (including phenoxy) is 3. The van der Waals surface area contributed by atoms with Gasteiger partial charge in [0.05, 0.1) is 14.2 Å². The molecule has 0 radical (unpaired) electrons. The Bertz CT molecular complexity index is 578. The molecule has 0 aliphatic heterocycles. The van der Waals surface area contributed by atoms with Crippen LogP contribution in [0.5, 0.6) is 17.2 Å². The highest BCUT2D eigenvalue weighted by molar-refractivity contribution is 5.51. The molecule has 0 fully saturated rings. The Labute approximate surface area is 122 Å². The summed E-state index contributed by atoms with van der Waals surface area (Å²) in [6, 6.07) is 11.2. The highest BCUT2D eigenvalue weighted by Crippen LogP contribution is 2.37. The second-order valence-corrected chi connectivity index (χ2v) is 4.34. The molecule has 5 heteroatoms. The molecule has 2 aromatic carbocycles. The monoisotopic (exact) mass is 292 g/mol. The van der Waals surface area contributed by atoms with Gasteiger partial charge in [0.25, 0.3) is 0 Å². The molecule has 0 amide bonds. The summed E-state index contributed by atoms with van der Waals surface area (Å²) in [7, 11) is 3.02. The van der Waals surface area contributed by atoms with Gasteiger partial charge in [0.1, 0.15) is 18.5 Å². The summed E-state index contributed by atoms with van der Waals surface area (Å²) in [4.78, 5) is 0. The van der Waals surface area contributed by atoms with Gasteiger partial charge < -0.3 is 19.3 Å². The van der Waals surface area contributed by atoms with Crippen molar-refractivity contribution >= 4 is 0 Å². The van der Waals surface area contributed by atoms with Crippen LogP contribution in [-0.2, 0) is 0 Å². The molecule has 2 rings (SSSR count). The summed E-state index contributed by atoms with van der Waals surface area (Å²) in [5.41, 5.74) is 0.186. The molecule has 1 N–H and O–H groups in total. The fourth-order valence-electron chi connectivity index (χ4n) is 1.96. The molecule has 0 bridgehead atoms. The first-order valence-corrected chi connectivity index (χ1v) is 6.43. The summed E-state index contributed by atoms with van der Waals surface area (Å²) < 4.78 is 29.5. The van der Waals surface area contributed by atoms with Gasteiger partial charge in [-0.2, -0.15) is 0 Å². The van der Waals surface area contributed by atoms with E-state index in [2.05, 4.69) is 0 Å². The third-order valence-corrected chi connectivity index (χ3v) is 3.03. The quantitative estimate of drug-likeness (QED) is 0.889. The van der Waals surface area contributed by atoms with Gasteiger partial charge in [-0.05, 0) is 18.2 Å². The number of para-hydroxylation sites is 1. The smallest absolute Gasteiger partial charge is 0.203 e. The third-order valence-electron chi connectivity index (χ3n) is 3.03. The fraction of sp³-hybridized carbons (Fsp3) is 0.250. The summed E-state index contributed by atoms with van der Waals surface area (Å²) in [5, 5.41) is 10.0. The van der Waals surface area contributed by atoms with Crippen molar-refractivity contribution in [1.29, 1.82) is 0 Å². The maximum atomic E-state index is 13.6. The van der Waals surface area contributed by atoms with Crippen molar-refractivity contribution in [1.82, 2.24) is 0 Å². The lowest BCUT2D eigenvalue weighted by Crippen LogP contribution is -2.12. The number of benzene rings is 2. The minimum absolute atomic E-state index is 0.113. The number of aliphatic hydroxyl groups is 1. The van der Waals surface area contributed by atoms with Crippen LogP contribution in [-0.4, -0.2) is 25.9 Å². The highest BCUT2D eigenvalue weighted by atomic mass is 19.1. The number of hydrogen-bond donors (Lipinski definition) is 1. The van der Waals surface area contributed by atoms with E-state index in [0.717, 1.165) is 0 Å². The fourth-order valence-corrected chi connectivity index (χ4v) is 1.96. The molecule has 0 heterocycles. The second kappa shape index (κ2) is 6.95. The molecule has 2 aromatic rings. The first-order valence-electron chi connectivity index (χ1n) is 6.43. The van der Waals surface area contributed by atoms with Crippen LogP contribution < -0.4 is 14.2 Å². The lowest BCUT2D eigenvalue weighted by atomic mass is 10.1. The average molecular weight is 292 g/mol. The molecule has 1 unspecified atom stereocenters. The lowest BCUT2D eigenvalue weighted by molar-refractivity contribution is 0.101. The predicted molar refractivity (Wildman–Crippen MR) is 76.4 cm³/mol. The summed E-state index contributed by atoms with van der Waals surface area (Å²) >= 11 is 0. The third kappa shape index (κ3) is 3.44. The molecule has 0 aliphatic carbocycles. The van der Waals surface area contributed by atoms with E-state index < -0.39 is 11.9 Å². The molecular formula is C16H17FO4. The number of hydrogen-bond acceptors (Lipinski definition) is 4. The van der Waals surface area contributed by atoms with E-state index in [-0.39, 0.29) is 12.2 Å². The zero-order valence-electron chi connectivity index (χ0n) is 11.9. The first-order chi connectivity index (χ1) is 10.2.